The number of rotatable bonds is 37. The fourth-order valence-corrected chi connectivity index (χ4v) is 18.4. The van der Waals surface area contributed by atoms with Gasteiger partial charge in [0.15, 0.2) is 69.2 Å². The molecule has 0 aliphatic carbocycles. The Morgan fingerprint density at radius 3 is 0.831 bits per heavy atom. The minimum Gasteiger partial charge on any atom is -0.394 e. The standard InChI is InChI=1S/C80H133N7O55/c1-19-44(102)58(116)60(118)77(125-19)123-18-36-66(55(113)37(70(121)126-36)81-20(2)95)138-75-42(86-25(7)100)57(115)64(32(14-93)131-75)139-78-62(120)67(50(108)35(134-78)17-124-79-68(141-74-41(85-24(6)99)54(112)48(106)30(12-91)130-74)59(117)49(107)34(135-79)16-122-71-38(82-21(3)96)51(109)45(103)27(9-88)127-71)140-80-69(61(119)65(33(15-94)133-80)137-73-40(84-23(5)98)53(111)47(105)29(11-90)129-73)142-76-43(87-26(8)101)56(114)63(31(13-92)132-76)136-72-39(83-22(4)97)52(110)46(104)28(10-89)128-72/h19,27-80,88-94,102-121H,9-18H2,1-8H3,(H,81,95)(H,82,96)(H,83,97)(H,84,98)(H,85,99)(H,86,100)(H,87,101)/t19-,27+,28+,29+,30+,31+,32+,33+,34+,35+,36+,37+,38+,39+,40+,41+,42+,43+,44+,45+,46-,47+,48+,49+,50+,51+,52+,53+,54+,55+,56+,57+,58-,59-,60-,61-,62-,63+,64+,65+,66+,67-,68-,69-,70?,71+,72-,73-,74-,75-,76-,77+,78-,79-,80+/m0/s1. The van der Waals surface area contributed by atoms with Gasteiger partial charge < -0.3 is 275 Å². The molecule has 142 heavy (non-hydrogen) atoms. The Hall–Kier alpha value is -5.63. The van der Waals surface area contributed by atoms with Gasteiger partial charge in [-0.15, -0.1) is 0 Å². The number of hydrogen-bond acceptors (Lipinski definition) is 55. The quantitative estimate of drug-likeness (QED) is 0.0275. The summed E-state index contributed by atoms with van der Waals surface area (Å²) in [5.41, 5.74) is 0. The van der Waals surface area contributed by atoms with Crippen LogP contribution in [0.5, 0.6) is 0 Å². The van der Waals surface area contributed by atoms with E-state index in [-0.39, 0.29) is 0 Å². The van der Waals surface area contributed by atoms with Crippen LogP contribution in [0.4, 0.5) is 0 Å². The molecule has 1 unspecified atom stereocenters. The van der Waals surface area contributed by atoms with Gasteiger partial charge in [0.25, 0.3) is 0 Å². The van der Waals surface area contributed by atoms with Crippen molar-refractivity contribution in [2.75, 3.05) is 66.1 Å². The van der Waals surface area contributed by atoms with E-state index < -0.39 is 445 Å². The Balaban J connectivity index is 1.01. The zero-order chi connectivity index (χ0) is 105. The maximum Gasteiger partial charge on any atom is 0.217 e. The molecule has 0 bridgehead atoms. The molecule has 11 heterocycles. The largest absolute Gasteiger partial charge is 0.394 e. The predicted molar refractivity (Wildman–Crippen MR) is 442 cm³/mol. The molecular formula is C80H133N7O55. The molecule has 7 amide bonds. The summed E-state index contributed by atoms with van der Waals surface area (Å²) >= 11 is 0. The minimum absolute atomic E-state index is 0.843. The second kappa shape index (κ2) is 51.3. The number of hydrogen-bond donors (Lipinski definition) is 34. The molecule has 34 N–H and O–H groups in total. The monoisotopic (exact) mass is 2070 g/mol. The number of ether oxygens (including phenoxy) is 21. The van der Waals surface area contributed by atoms with Gasteiger partial charge >= 0.3 is 0 Å². The van der Waals surface area contributed by atoms with Crippen molar-refractivity contribution >= 4 is 41.4 Å². The summed E-state index contributed by atoms with van der Waals surface area (Å²) in [7, 11) is 0. The predicted octanol–water partition coefficient (Wildman–Crippen LogP) is -22.9. The number of carbonyl (C=O) groups excluding carboxylic acids is 7. The number of amides is 7. The van der Waals surface area contributed by atoms with E-state index in [9.17, 15) is 171 Å². The zero-order valence-corrected chi connectivity index (χ0v) is 77.3. The maximum atomic E-state index is 13.5. The van der Waals surface area contributed by atoms with Gasteiger partial charge in [0.1, 0.15) is 262 Å². The van der Waals surface area contributed by atoms with Crippen LogP contribution in [-0.2, 0) is 133 Å². The summed E-state index contributed by atoms with van der Waals surface area (Å²) < 4.78 is 128. The summed E-state index contributed by atoms with van der Waals surface area (Å²) in [6.07, 6.45) is -103. The van der Waals surface area contributed by atoms with Gasteiger partial charge in [-0.2, -0.15) is 0 Å². The highest BCUT2D eigenvalue weighted by Crippen LogP contribution is 2.42. The summed E-state index contributed by atoms with van der Waals surface area (Å²) in [5.74, 6) is -6.57. The summed E-state index contributed by atoms with van der Waals surface area (Å²) in [5, 5.41) is 326. The summed E-state index contributed by atoms with van der Waals surface area (Å²) in [6.45, 7) is -3.64. The average molecular weight is 2070 g/mol. The highest BCUT2D eigenvalue weighted by Gasteiger charge is 2.63. The number of carbonyl (C=O) groups is 7. The lowest BCUT2D eigenvalue weighted by Gasteiger charge is -2.52. The van der Waals surface area contributed by atoms with Crippen LogP contribution in [0.3, 0.4) is 0 Å². The van der Waals surface area contributed by atoms with E-state index in [1.54, 1.807) is 0 Å². The van der Waals surface area contributed by atoms with Crippen LogP contribution in [0.15, 0.2) is 0 Å². The second-order valence-corrected chi connectivity index (χ2v) is 36.0. The molecule has 818 valence electrons. The normalized spacial score (nSPS) is 47.5. The Labute approximate surface area is 805 Å². The topological polar surface area (TPSA) is 944 Å². The van der Waals surface area contributed by atoms with Crippen molar-refractivity contribution < 1.29 is 271 Å². The maximum absolute atomic E-state index is 13.5. The van der Waals surface area contributed by atoms with E-state index in [2.05, 4.69) is 37.2 Å². The molecule has 62 heteroatoms. The molecule has 0 aromatic rings. The molecule has 0 radical (unpaired) electrons. The fourth-order valence-electron chi connectivity index (χ4n) is 18.4. The molecule has 0 spiro atoms. The van der Waals surface area contributed by atoms with Crippen molar-refractivity contribution in [3.05, 3.63) is 0 Å². The Kier molecular flexibility index (Phi) is 42.1. The van der Waals surface area contributed by atoms with Crippen LogP contribution in [-0.4, -0.2) is 583 Å². The number of aliphatic hydroxyl groups is 27. The first-order chi connectivity index (χ1) is 67.0. The lowest BCUT2D eigenvalue weighted by molar-refractivity contribution is -0.405. The van der Waals surface area contributed by atoms with Crippen molar-refractivity contribution in [3.8, 4) is 0 Å². The van der Waals surface area contributed by atoms with Crippen LogP contribution in [0.1, 0.15) is 55.4 Å². The first-order valence-corrected chi connectivity index (χ1v) is 45.5. The molecule has 11 aliphatic heterocycles. The Morgan fingerprint density at radius 1 is 0.197 bits per heavy atom. The second-order valence-electron chi connectivity index (χ2n) is 36.0. The molecular weight excluding hydrogens is 1940 g/mol. The van der Waals surface area contributed by atoms with Gasteiger partial charge in [0.2, 0.25) is 41.4 Å². The van der Waals surface area contributed by atoms with Crippen molar-refractivity contribution in [3.63, 3.8) is 0 Å². The lowest BCUT2D eigenvalue weighted by Crippen LogP contribution is -2.71. The first-order valence-electron chi connectivity index (χ1n) is 45.5. The molecule has 11 fully saturated rings. The van der Waals surface area contributed by atoms with Gasteiger partial charge in [-0.3, -0.25) is 33.6 Å². The highest BCUT2D eigenvalue weighted by atomic mass is 16.8. The average Bonchev–Trinajstić information content (AvgIpc) is 0.775. The minimum atomic E-state index is -2.79. The van der Waals surface area contributed by atoms with E-state index in [4.69, 9.17) is 99.5 Å². The van der Waals surface area contributed by atoms with E-state index in [1.807, 2.05) is 0 Å². The smallest absolute Gasteiger partial charge is 0.217 e. The molecule has 55 atom stereocenters. The van der Waals surface area contributed by atoms with Gasteiger partial charge in [-0.05, 0) is 6.92 Å². The van der Waals surface area contributed by atoms with Gasteiger partial charge in [-0.25, -0.2) is 0 Å². The molecule has 62 nitrogen and oxygen atoms in total. The SMILES string of the molecule is CC(=O)N[C@H]1[C@H](O[C@H]2[C@H](O)[C@@H](NC(C)=O)C(O)O[C@@H]2CO[C@@H]2O[C@@H](C)[C@@H](O)[C@H](O)[C@@H]2O)O[C@H](CO)[C@@H](O[C@@H]2O[C@H](CO[C@H]3O[C@H](CO[C@@H]4O[C@H](CO)[C@@H](O)[C@H](O)[C@H]4NC(C)=O)[C@@H](O)[C@H](O)[C@@H]3O[C@@H]3O[C@H](CO)[C@@H](O)[C@H](O)[C@H]3NC(C)=O)[C@@H](O)[C@H](O[C@H]3O[C@H](CO)[C@@H](O[C@@H]4O[C@H](CO)[C@@H](O)[C@H](O)[C@H]4NC(C)=O)[C@H](O)[C@@H]3O[C@@H]3O[C@H](CO)[C@@H](O[C@@H]4O[C@H](CO)[C@H](O)[C@H](O)[C@H]4NC(C)=O)[C@H](O)[C@H]3NC(C)=O)[C@@H]2O)[C@@H]1O. The molecule has 11 saturated heterocycles. The molecule has 0 saturated carbocycles. The molecule has 0 aromatic heterocycles. The third-order valence-corrected chi connectivity index (χ3v) is 25.7. The highest BCUT2D eigenvalue weighted by molar-refractivity contribution is 5.75. The van der Waals surface area contributed by atoms with E-state index in [0.29, 0.717) is 0 Å². The number of nitrogens with one attached hydrogen (secondary N) is 7. The van der Waals surface area contributed by atoms with Gasteiger partial charge in [0, 0.05) is 48.5 Å². The van der Waals surface area contributed by atoms with Crippen LogP contribution in [0.2, 0.25) is 0 Å². The van der Waals surface area contributed by atoms with Gasteiger partial charge in [-0.1, -0.05) is 0 Å². The van der Waals surface area contributed by atoms with Crippen molar-refractivity contribution in [1.82, 2.24) is 37.2 Å². The summed E-state index contributed by atoms with van der Waals surface area (Å²) in [4.78, 5) is 90.5. The third kappa shape index (κ3) is 26.7. The zero-order valence-electron chi connectivity index (χ0n) is 77.3. The first kappa shape index (κ1) is 117. The van der Waals surface area contributed by atoms with Gasteiger partial charge in [0.05, 0.1) is 72.2 Å². The van der Waals surface area contributed by atoms with Crippen molar-refractivity contribution in [2.24, 2.45) is 0 Å². The molecule has 11 aliphatic rings. The number of aliphatic hydroxyl groups excluding tert-OH is 27. The van der Waals surface area contributed by atoms with Crippen LogP contribution >= 0.6 is 0 Å². The third-order valence-electron chi connectivity index (χ3n) is 25.7. The van der Waals surface area contributed by atoms with Crippen molar-refractivity contribution in [2.45, 2.75) is 393 Å². The van der Waals surface area contributed by atoms with E-state index >= 15 is 0 Å². The van der Waals surface area contributed by atoms with Crippen LogP contribution in [0.25, 0.3) is 0 Å². The Bertz CT molecular complexity index is 4030. The Morgan fingerprint density at radius 2 is 0.451 bits per heavy atom. The van der Waals surface area contributed by atoms with E-state index in [1.165, 1.54) is 6.92 Å². The van der Waals surface area contributed by atoms with Crippen LogP contribution < -0.4 is 37.2 Å². The molecule has 11 rings (SSSR count). The lowest BCUT2D eigenvalue weighted by atomic mass is 9.93. The van der Waals surface area contributed by atoms with E-state index in [0.717, 1.165) is 48.5 Å². The summed E-state index contributed by atoms with van der Waals surface area (Å²) in [6, 6.07) is -13.3. The fraction of sp³-hybridized carbons (Fsp3) is 0.912. The van der Waals surface area contributed by atoms with Crippen molar-refractivity contribution in [1.29, 1.82) is 0 Å². The molecule has 0 aromatic carbocycles. The van der Waals surface area contributed by atoms with Crippen LogP contribution in [0, 0.1) is 0 Å².